The largest absolute Gasteiger partial charge is 0.361 e. The van der Waals surface area contributed by atoms with Crippen molar-refractivity contribution in [1.82, 2.24) is 9.88 Å². The molecule has 0 atom stereocenters. The van der Waals surface area contributed by atoms with Gasteiger partial charge in [-0.2, -0.15) is 0 Å². The second-order valence-corrected chi connectivity index (χ2v) is 4.33. The number of H-pyrrole nitrogens is 1. The molecular weight excluding hydrogens is 253 g/mol. The fraction of sp³-hybridized carbons (Fsp3) is 0.0769. The summed E-state index contributed by atoms with van der Waals surface area (Å²) in [6.07, 6.45) is 9.68. The van der Waals surface area contributed by atoms with Crippen molar-refractivity contribution in [2.45, 2.75) is 0 Å². The van der Waals surface area contributed by atoms with Gasteiger partial charge in [-0.3, -0.25) is 4.99 Å². The summed E-state index contributed by atoms with van der Waals surface area (Å²) in [5, 5.41) is 0. The summed E-state index contributed by atoms with van der Waals surface area (Å²) in [7, 11) is 1.96. The van der Waals surface area contributed by atoms with E-state index in [4.69, 9.17) is 12.2 Å². The molecule has 0 amide bonds. The second kappa shape index (κ2) is 5.36. The Kier molecular flexibility index (Phi) is 4.02. The van der Waals surface area contributed by atoms with Crippen LogP contribution in [0, 0.1) is 0 Å². The average molecular weight is 264 g/mol. The molecule has 85 valence electrons. The number of hydrogen-bond acceptors (Lipinski definition) is 2. The van der Waals surface area contributed by atoms with Gasteiger partial charge in [-0.25, -0.2) is 0 Å². The normalized spacial score (nSPS) is 21.5. The molecule has 5 heteroatoms. The van der Waals surface area contributed by atoms with Crippen LogP contribution in [0.25, 0.3) is 5.57 Å². The fourth-order valence-electron chi connectivity index (χ4n) is 1.98. The summed E-state index contributed by atoms with van der Waals surface area (Å²) in [4.78, 5) is 10.4. The van der Waals surface area contributed by atoms with E-state index in [1.807, 2.05) is 54.7 Å². The summed E-state index contributed by atoms with van der Waals surface area (Å²) >= 11 is 5.22. The van der Waals surface area contributed by atoms with Crippen molar-refractivity contribution in [3.8, 4) is 0 Å². The molecule has 0 unspecified atom stereocenters. The van der Waals surface area contributed by atoms with Crippen molar-refractivity contribution in [2.24, 2.45) is 4.99 Å². The zero-order chi connectivity index (χ0) is 11.8. The van der Waals surface area contributed by atoms with E-state index in [9.17, 15) is 0 Å². The third-order valence-corrected chi connectivity index (χ3v) is 3.32. The van der Waals surface area contributed by atoms with E-state index in [-0.39, 0.29) is 29.6 Å². The van der Waals surface area contributed by atoms with Gasteiger partial charge < -0.3 is 9.88 Å². The van der Waals surface area contributed by atoms with Crippen molar-refractivity contribution in [3.63, 3.8) is 0 Å². The number of aromatic nitrogens is 1. The van der Waals surface area contributed by atoms with E-state index < -0.39 is 0 Å². The third kappa shape index (κ3) is 2.17. The molecule has 0 aromatic carbocycles. The number of likely N-dealkylation sites (N-methyl/N-ethyl adjacent to an activating group) is 1. The number of hydrogen-bond donors (Lipinski definition) is 1. The van der Waals surface area contributed by atoms with Crippen molar-refractivity contribution < 1.29 is 0 Å². The van der Waals surface area contributed by atoms with Crippen LogP contribution in [0.3, 0.4) is 0 Å². The van der Waals surface area contributed by atoms with Gasteiger partial charge in [0.1, 0.15) is 4.99 Å². The molecule has 1 N–H and O–H groups in total. The number of nitrogens with zero attached hydrogens (tertiary/aromatic N) is 2. The Hall–Kier alpha value is -0.940. The SMILES string of the molecule is CN1C(=S)C=CC1=C1N=CC=C1c1ccc[nH]1.[Na]. The van der Waals surface area contributed by atoms with E-state index in [0.29, 0.717) is 0 Å². The average Bonchev–Trinajstić information content (AvgIpc) is 3.01. The summed E-state index contributed by atoms with van der Waals surface area (Å²) in [6.45, 7) is 0. The summed E-state index contributed by atoms with van der Waals surface area (Å²) in [5.74, 6) is 0. The Morgan fingerprint density at radius 2 is 2.17 bits per heavy atom. The molecule has 3 heterocycles. The van der Waals surface area contributed by atoms with Gasteiger partial charge in [0.2, 0.25) is 0 Å². The molecule has 0 bridgehead atoms. The number of nitrogens with one attached hydrogen (secondary N) is 1. The van der Waals surface area contributed by atoms with Gasteiger partial charge in [0.15, 0.2) is 0 Å². The molecule has 1 aromatic heterocycles. The van der Waals surface area contributed by atoms with E-state index in [1.54, 1.807) is 0 Å². The van der Waals surface area contributed by atoms with Crippen LogP contribution in [-0.2, 0) is 0 Å². The molecular formula is C13H11N3NaS. The molecule has 3 rings (SSSR count). The van der Waals surface area contributed by atoms with Crippen molar-refractivity contribution in [1.29, 1.82) is 0 Å². The molecule has 0 aliphatic carbocycles. The summed E-state index contributed by atoms with van der Waals surface area (Å²) in [5.41, 5.74) is 4.19. The Balaban J connectivity index is 0.00000120. The van der Waals surface area contributed by atoms with E-state index in [1.165, 1.54) is 0 Å². The van der Waals surface area contributed by atoms with Gasteiger partial charge >= 0.3 is 0 Å². The first kappa shape index (κ1) is 13.5. The van der Waals surface area contributed by atoms with Crippen molar-refractivity contribution in [3.05, 3.63) is 53.6 Å². The minimum absolute atomic E-state index is 0. The maximum absolute atomic E-state index is 5.22. The van der Waals surface area contributed by atoms with Crippen LogP contribution in [0.4, 0.5) is 0 Å². The first-order chi connectivity index (χ1) is 8.27. The number of allylic oxidation sites excluding steroid dienone is 3. The van der Waals surface area contributed by atoms with Crippen LogP contribution in [-0.4, -0.2) is 57.7 Å². The van der Waals surface area contributed by atoms with Crippen LogP contribution < -0.4 is 0 Å². The first-order valence-electron chi connectivity index (χ1n) is 5.36. The maximum atomic E-state index is 5.22. The quantitative estimate of drug-likeness (QED) is 0.622. The second-order valence-electron chi connectivity index (χ2n) is 3.91. The number of thiocarbonyl (C=S) groups is 1. The zero-order valence-electron chi connectivity index (χ0n) is 10.3. The zero-order valence-corrected chi connectivity index (χ0v) is 13.2. The third-order valence-electron chi connectivity index (χ3n) is 2.91. The van der Waals surface area contributed by atoms with Gasteiger partial charge in [0.25, 0.3) is 0 Å². The van der Waals surface area contributed by atoms with E-state index in [2.05, 4.69) is 9.98 Å². The van der Waals surface area contributed by atoms with Crippen LogP contribution >= 0.6 is 12.2 Å². The van der Waals surface area contributed by atoms with Gasteiger partial charge in [-0.1, -0.05) is 12.2 Å². The van der Waals surface area contributed by atoms with Gasteiger partial charge in [-0.05, 0) is 30.4 Å². The number of aromatic amines is 1. The molecule has 3 nitrogen and oxygen atoms in total. The monoisotopic (exact) mass is 264 g/mol. The Bertz CT molecular complexity index is 594. The van der Waals surface area contributed by atoms with Crippen molar-refractivity contribution >= 4 is 58.6 Å². The topological polar surface area (TPSA) is 31.4 Å². The molecule has 2 aliphatic heterocycles. The molecule has 2 aliphatic rings. The van der Waals surface area contributed by atoms with Gasteiger partial charge in [0.05, 0.1) is 11.4 Å². The van der Waals surface area contributed by atoms with Gasteiger partial charge in [0, 0.05) is 60.3 Å². The minimum atomic E-state index is 0. The summed E-state index contributed by atoms with van der Waals surface area (Å²) < 4.78 is 0. The predicted octanol–water partition coefficient (Wildman–Crippen LogP) is 2.14. The van der Waals surface area contributed by atoms with E-state index in [0.717, 1.165) is 27.6 Å². The Morgan fingerprint density at radius 1 is 1.33 bits per heavy atom. The summed E-state index contributed by atoms with van der Waals surface area (Å²) in [6, 6.07) is 4.02. The van der Waals surface area contributed by atoms with Crippen LogP contribution in [0.15, 0.2) is 52.9 Å². The van der Waals surface area contributed by atoms with Crippen LogP contribution in [0.5, 0.6) is 0 Å². The van der Waals surface area contributed by atoms with Crippen LogP contribution in [0.2, 0.25) is 0 Å². The van der Waals surface area contributed by atoms with Gasteiger partial charge in [-0.15, -0.1) is 0 Å². The fourth-order valence-corrected chi connectivity index (χ4v) is 2.15. The molecule has 0 saturated carbocycles. The molecule has 1 radical (unpaired) electrons. The number of aliphatic imine (C=N–C) groups is 1. The maximum Gasteiger partial charge on any atom is 0.106 e. The molecule has 18 heavy (non-hydrogen) atoms. The number of rotatable bonds is 1. The predicted molar refractivity (Wildman–Crippen MR) is 79.5 cm³/mol. The van der Waals surface area contributed by atoms with E-state index >= 15 is 0 Å². The molecule has 0 fully saturated rings. The standard InChI is InChI=1S/C13H11N3S.Na/c1-16-11(4-5-12(16)17)13-9(6-8-15-13)10-3-2-7-14-10;/h2-8,14H,1H3;. The van der Waals surface area contributed by atoms with Crippen molar-refractivity contribution in [2.75, 3.05) is 7.05 Å². The molecule has 0 spiro atoms. The Labute approximate surface area is 133 Å². The van der Waals surface area contributed by atoms with Crippen LogP contribution in [0.1, 0.15) is 5.69 Å². The smallest absolute Gasteiger partial charge is 0.106 e. The first-order valence-corrected chi connectivity index (χ1v) is 5.77. The molecule has 0 saturated heterocycles. The minimum Gasteiger partial charge on any atom is -0.361 e. The molecule has 1 aromatic rings. The Morgan fingerprint density at radius 3 is 2.78 bits per heavy atom.